The van der Waals surface area contributed by atoms with E-state index < -0.39 is 0 Å². The van der Waals surface area contributed by atoms with Crippen LogP contribution in [0.1, 0.15) is 5.56 Å². The fraction of sp³-hybridized carbons (Fsp3) is 0.455. The molecule has 0 N–H and O–H groups in total. The third-order valence-electron chi connectivity index (χ3n) is 2.57. The van der Waals surface area contributed by atoms with Gasteiger partial charge in [0.2, 0.25) is 0 Å². The summed E-state index contributed by atoms with van der Waals surface area (Å²) in [7, 11) is 0. The van der Waals surface area contributed by atoms with E-state index in [1.807, 2.05) is 30.3 Å². The molecule has 3 nitrogen and oxygen atoms in total. The molecule has 0 amide bonds. The molecule has 3 heteroatoms. The van der Waals surface area contributed by atoms with Gasteiger partial charge in [0.1, 0.15) is 12.2 Å². The molecule has 0 aliphatic carbocycles. The van der Waals surface area contributed by atoms with Gasteiger partial charge in [-0.05, 0) is 5.56 Å². The summed E-state index contributed by atoms with van der Waals surface area (Å²) < 4.78 is 16.3. The van der Waals surface area contributed by atoms with Crippen LogP contribution in [0.3, 0.4) is 0 Å². The Balaban J connectivity index is 1.54. The second-order valence-corrected chi connectivity index (χ2v) is 3.64. The molecule has 2 fully saturated rings. The molecule has 2 saturated heterocycles. The fourth-order valence-electron chi connectivity index (χ4n) is 1.71. The first-order valence-electron chi connectivity index (χ1n) is 4.86. The zero-order chi connectivity index (χ0) is 9.38. The number of ether oxygens (including phenoxy) is 3. The summed E-state index contributed by atoms with van der Waals surface area (Å²) in [5.41, 5.74) is 1.17. The van der Waals surface area contributed by atoms with E-state index in [4.69, 9.17) is 14.2 Å². The summed E-state index contributed by atoms with van der Waals surface area (Å²) in [6, 6.07) is 10.1. The Morgan fingerprint density at radius 2 is 2.14 bits per heavy atom. The van der Waals surface area contributed by atoms with Crippen LogP contribution < -0.4 is 0 Å². The van der Waals surface area contributed by atoms with Crippen molar-refractivity contribution in [2.75, 3.05) is 6.61 Å². The van der Waals surface area contributed by atoms with Gasteiger partial charge in [-0.3, -0.25) is 0 Å². The van der Waals surface area contributed by atoms with Gasteiger partial charge in [0.25, 0.3) is 0 Å². The summed E-state index contributed by atoms with van der Waals surface area (Å²) >= 11 is 0. The third-order valence-corrected chi connectivity index (χ3v) is 2.57. The summed E-state index contributed by atoms with van der Waals surface area (Å²) in [6.07, 6.45) is 0.342. The zero-order valence-corrected chi connectivity index (χ0v) is 7.76. The molecule has 2 heterocycles. The molecule has 14 heavy (non-hydrogen) atoms. The van der Waals surface area contributed by atoms with Gasteiger partial charge in [-0.15, -0.1) is 0 Å². The second kappa shape index (κ2) is 3.35. The van der Waals surface area contributed by atoms with Crippen LogP contribution in [0, 0.1) is 0 Å². The maximum Gasteiger partial charge on any atom is 0.186 e. The minimum Gasteiger partial charge on any atom is -0.362 e. The van der Waals surface area contributed by atoms with Crippen molar-refractivity contribution < 1.29 is 14.2 Å². The molecule has 2 aliphatic heterocycles. The van der Waals surface area contributed by atoms with E-state index in [1.165, 1.54) is 5.56 Å². The number of epoxide rings is 1. The zero-order valence-electron chi connectivity index (χ0n) is 7.76. The lowest BCUT2D eigenvalue weighted by Crippen LogP contribution is -2.18. The van der Waals surface area contributed by atoms with Crippen LogP contribution in [0.5, 0.6) is 0 Å². The number of benzene rings is 1. The van der Waals surface area contributed by atoms with Gasteiger partial charge in [0, 0.05) is 0 Å². The number of hydrogen-bond acceptors (Lipinski definition) is 3. The summed E-state index contributed by atoms with van der Waals surface area (Å²) in [5, 5.41) is 0. The Morgan fingerprint density at radius 1 is 1.29 bits per heavy atom. The van der Waals surface area contributed by atoms with E-state index in [1.54, 1.807) is 0 Å². The molecule has 0 bridgehead atoms. The van der Waals surface area contributed by atoms with Crippen molar-refractivity contribution in [1.82, 2.24) is 0 Å². The molecule has 74 valence electrons. The first-order chi connectivity index (χ1) is 6.93. The smallest absolute Gasteiger partial charge is 0.186 e. The molecule has 0 spiro atoms. The molecule has 0 radical (unpaired) electrons. The number of fused-ring (bicyclic) bond motifs is 1. The first-order valence-corrected chi connectivity index (χ1v) is 4.86. The summed E-state index contributed by atoms with van der Waals surface area (Å²) in [5.74, 6) is 0. The van der Waals surface area contributed by atoms with Gasteiger partial charge in [-0.1, -0.05) is 30.3 Å². The van der Waals surface area contributed by atoms with Gasteiger partial charge in [0.15, 0.2) is 6.29 Å². The largest absolute Gasteiger partial charge is 0.362 e. The fourth-order valence-corrected chi connectivity index (χ4v) is 1.71. The van der Waals surface area contributed by atoms with Crippen molar-refractivity contribution in [3.63, 3.8) is 0 Å². The lowest BCUT2D eigenvalue weighted by Gasteiger charge is -2.12. The van der Waals surface area contributed by atoms with E-state index in [-0.39, 0.29) is 12.4 Å². The van der Waals surface area contributed by atoms with Crippen LogP contribution in [0.2, 0.25) is 0 Å². The summed E-state index contributed by atoms with van der Waals surface area (Å²) in [6.45, 7) is 1.28. The Morgan fingerprint density at radius 3 is 2.79 bits per heavy atom. The van der Waals surface area contributed by atoms with Gasteiger partial charge >= 0.3 is 0 Å². The molecule has 0 saturated carbocycles. The van der Waals surface area contributed by atoms with E-state index >= 15 is 0 Å². The highest BCUT2D eigenvalue weighted by Crippen LogP contribution is 2.34. The molecule has 0 unspecified atom stereocenters. The average Bonchev–Trinajstić information content (AvgIpc) is 2.92. The maximum absolute atomic E-state index is 5.60. The number of hydrogen-bond donors (Lipinski definition) is 0. The van der Waals surface area contributed by atoms with Gasteiger partial charge in [0.05, 0.1) is 13.2 Å². The molecule has 0 aromatic heterocycles. The highest BCUT2D eigenvalue weighted by molar-refractivity contribution is 5.13. The molecule has 1 aromatic rings. The Labute approximate surface area is 82.6 Å². The van der Waals surface area contributed by atoms with Crippen LogP contribution in [0.25, 0.3) is 0 Å². The molecule has 3 atom stereocenters. The van der Waals surface area contributed by atoms with Crippen LogP contribution in [0.4, 0.5) is 0 Å². The quantitative estimate of drug-likeness (QED) is 0.677. The average molecular weight is 192 g/mol. The SMILES string of the molecule is c1ccc(CO[C@@H]2OC[C@H]3O[C@@H]23)cc1. The minimum atomic E-state index is -0.153. The monoisotopic (exact) mass is 192 g/mol. The van der Waals surface area contributed by atoms with Gasteiger partial charge in [-0.25, -0.2) is 0 Å². The van der Waals surface area contributed by atoms with Crippen molar-refractivity contribution in [2.45, 2.75) is 25.1 Å². The van der Waals surface area contributed by atoms with E-state index in [2.05, 4.69) is 0 Å². The van der Waals surface area contributed by atoms with Crippen molar-refractivity contribution in [2.24, 2.45) is 0 Å². The second-order valence-electron chi connectivity index (χ2n) is 3.64. The predicted octanol–water partition coefficient (Wildman–Crippen LogP) is 1.33. The Kier molecular flexibility index (Phi) is 2.01. The highest BCUT2D eigenvalue weighted by atomic mass is 16.8. The van der Waals surface area contributed by atoms with Crippen LogP contribution in [0.15, 0.2) is 30.3 Å². The molecule has 2 aliphatic rings. The predicted molar refractivity (Wildman–Crippen MR) is 49.6 cm³/mol. The lowest BCUT2D eigenvalue weighted by molar-refractivity contribution is -0.153. The van der Waals surface area contributed by atoms with Crippen molar-refractivity contribution in [3.05, 3.63) is 35.9 Å². The van der Waals surface area contributed by atoms with E-state index in [0.717, 1.165) is 0 Å². The molecular formula is C11H12O3. The topological polar surface area (TPSA) is 31.0 Å². The lowest BCUT2D eigenvalue weighted by atomic mass is 10.2. The third kappa shape index (κ3) is 1.54. The minimum absolute atomic E-state index is 0.153. The van der Waals surface area contributed by atoms with Crippen molar-refractivity contribution in [3.8, 4) is 0 Å². The Hall–Kier alpha value is -0.900. The molecule has 3 rings (SSSR count). The van der Waals surface area contributed by atoms with Crippen molar-refractivity contribution in [1.29, 1.82) is 0 Å². The maximum atomic E-state index is 5.60. The van der Waals surface area contributed by atoms with E-state index in [9.17, 15) is 0 Å². The number of rotatable bonds is 3. The van der Waals surface area contributed by atoms with Crippen molar-refractivity contribution >= 4 is 0 Å². The van der Waals surface area contributed by atoms with Crippen LogP contribution in [-0.2, 0) is 20.8 Å². The molecular weight excluding hydrogens is 180 g/mol. The summed E-state index contributed by atoms with van der Waals surface area (Å²) in [4.78, 5) is 0. The van der Waals surface area contributed by atoms with Gasteiger partial charge in [-0.2, -0.15) is 0 Å². The Bertz CT molecular complexity index is 312. The van der Waals surface area contributed by atoms with Crippen LogP contribution in [-0.4, -0.2) is 25.1 Å². The standard InChI is InChI=1S/C11H12O3/c1-2-4-8(5-3-1)6-12-11-10-9(14-10)7-13-11/h1-5,9-11H,6-7H2/t9-,10-,11-/m1/s1. The van der Waals surface area contributed by atoms with E-state index in [0.29, 0.717) is 19.3 Å². The van der Waals surface area contributed by atoms with Gasteiger partial charge < -0.3 is 14.2 Å². The van der Waals surface area contributed by atoms with Crippen LogP contribution >= 0.6 is 0 Å². The molecule has 1 aromatic carbocycles. The highest BCUT2D eigenvalue weighted by Gasteiger charge is 2.52. The normalized spacial score (nSPS) is 34.1. The first kappa shape index (κ1) is 8.41.